The molecule has 5 nitrogen and oxygen atoms in total. The van der Waals surface area contributed by atoms with Crippen LogP contribution in [0.2, 0.25) is 0 Å². The summed E-state index contributed by atoms with van der Waals surface area (Å²) in [6.45, 7) is 10.9. The minimum absolute atomic E-state index is 0.210. The normalized spacial score (nSPS) is 11.7. The number of nitrogens with zero attached hydrogens (tertiary/aromatic N) is 4. The molecule has 5 heteroatoms. The van der Waals surface area contributed by atoms with Gasteiger partial charge in [0.05, 0.1) is 33.8 Å². The zero-order chi connectivity index (χ0) is 28.0. The Labute approximate surface area is 235 Å². The van der Waals surface area contributed by atoms with Crippen molar-refractivity contribution >= 4 is 10.9 Å². The summed E-state index contributed by atoms with van der Waals surface area (Å²) >= 11 is 0. The monoisotopic (exact) mass is 526 g/mol. The molecule has 0 saturated carbocycles. The van der Waals surface area contributed by atoms with E-state index in [0.29, 0.717) is 23.2 Å². The van der Waals surface area contributed by atoms with Crippen LogP contribution in [-0.2, 0) is 0 Å². The number of benzene rings is 4. The smallest absolute Gasteiger partial charge is 0.148 e. The topological polar surface area (TPSA) is 55.9 Å². The van der Waals surface area contributed by atoms with Crippen molar-refractivity contribution in [1.29, 1.82) is 0 Å². The number of hydrogen-bond donors (Lipinski definition) is 1. The van der Waals surface area contributed by atoms with Gasteiger partial charge in [0.1, 0.15) is 11.6 Å². The van der Waals surface area contributed by atoms with E-state index in [-0.39, 0.29) is 5.75 Å². The summed E-state index contributed by atoms with van der Waals surface area (Å²) in [5, 5.41) is 16.9. The number of aromatic hydroxyl groups is 1. The van der Waals surface area contributed by atoms with Crippen molar-refractivity contribution in [3.63, 3.8) is 0 Å². The predicted octanol–water partition coefficient (Wildman–Crippen LogP) is 8.81. The molecule has 0 unspecified atom stereocenters. The number of aromatic nitrogens is 4. The first-order valence-corrected chi connectivity index (χ1v) is 13.9. The Bertz CT molecular complexity index is 1810. The molecule has 0 saturated heterocycles. The molecular weight excluding hydrogens is 492 g/mol. The lowest BCUT2D eigenvalue weighted by molar-refractivity contribution is 0.477. The van der Waals surface area contributed by atoms with Crippen molar-refractivity contribution in [1.82, 2.24) is 19.3 Å². The third-order valence-corrected chi connectivity index (χ3v) is 7.59. The molecule has 0 radical (unpaired) electrons. The molecule has 0 aliphatic rings. The van der Waals surface area contributed by atoms with Gasteiger partial charge in [-0.25, -0.2) is 9.67 Å². The van der Waals surface area contributed by atoms with Gasteiger partial charge in [-0.2, -0.15) is 5.10 Å². The molecule has 0 atom stereocenters. The van der Waals surface area contributed by atoms with Crippen molar-refractivity contribution in [2.24, 2.45) is 0 Å². The minimum atomic E-state index is 0.210. The lowest BCUT2D eigenvalue weighted by Crippen LogP contribution is -2.07. The highest BCUT2D eigenvalue weighted by atomic mass is 16.3. The number of fused-ring (bicyclic) bond motifs is 1. The van der Waals surface area contributed by atoms with E-state index in [4.69, 9.17) is 10.1 Å². The first kappa shape index (κ1) is 25.6. The Balaban J connectivity index is 1.58. The number of hydrogen-bond acceptors (Lipinski definition) is 3. The van der Waals surface area contributed by atoms with Gasteiger partial charge < -0.3 is 5.11 Å². The summed E-state index contributed by atoms with van der Waals surface area (Å²) in [6.07, 6.45) is 2.11. The number of phenols is 1. The van der Waals surface area contributed by atoms with E-state index >= 15 is 0 Å². The van der Waals surface area contributed by atoms with E-state index in [9.17, 15) is 5.11 Å². The SMILES string of the molecule is Cc1nn(-c2cccc(-c3cn(-c4c(C(C)C)cccc4C(C)C)c(-c4ccccc4O)n3)c2)c2ccccc12. The second kappa shape index (κ2) is 10.2. The van der Waals surface area contributed by atoms with Gasteiger partial charge in [0.15, 0.2) is 0 Å². The third kappa shape index (κ3) is 4.37. The molecule has 0 aliphatic carbocycles. The highest BCUT2D eigenvalue weighted by Gasteiger charge is 2.22. The highest BCUT2D eigenvalue weighted by molar-refractivity contribution is 5.83. The summed E-state index contributed by atoms with van der Waals surface area (Å²) < 4.78 is 4.18. The van der Waals surface area contributed by atoms with Crippen LogP contribution in [0.25, 0.3) is 44.9 Å². The lowest BCUT2D eigenvalue weighted by Gasteiger charge is -2.22. The van der Waals surface area contributed by atoms with Crippen LogP contribution in [0.3, 0.4) is 0 Å². The first-order valence-electron chi connectivity index (χ1n) is 13.9. The Morgan fingerprint density at radius 3 is 2.15 bits per heavy atom. The van der Waals surface area contributed by atoms with Crippen LogP contribution in [0.15, 0.2) is 97.2 Å². The van der Waals surface area contributed by atoms with Crippen LogP contribution in [-0.4, -0.2) is 24.4 Å². The van der Waals surface area contributed by atoms with Crippen LogP contribution in [0.5, 0.6) is 5.75 Å². The molecule has 200 valence electrons. The lowest BCUT2D eigenvalue weighted by atomic mass is 9.92. The zero-order valence-corrected chi connectivity index (χ0v) is 23.6. The van der Waals surface area contributed by atoms with Gasteiger partial charge in [0.2, 0.25) is 0 Å². The molecule has 2 heterocycles. The van der Waals surface area contributed by atoms with Gasteiger partial charge in [0, 0.05) is 17.1 Å². The van der Waals surface area contributed by atoms with Crippen LogP contribution in [0.1, 0.15) is 56.4 Å². The molecular formula is C35H34N4O. The van der Waals surface area contributed by atoms with Crippen LogP contribution in [0.4, 0.5) is 0 Å². The molecule has 0 amide bonds. The summed E-state index contributed by atoms with van der Waals surface area (Å²) in [7, 11) is 0. The van der Waals surface area contributed by atoms with Gasteiger partial charge in [-0.3, -0.25) is 4.57 Å². The van der Waals surface area contributed by atoms with Crippen molar-refractivity contribution in [3.8, 4) is 39.8 Å². The zero-order valence-electron chi connectivity index (χ0n) is 23.6. The van der Waals surface area contributed by atoms with Gasteiger partial charge >= 0.3 is 0 Å². The van der Waals surface area contributed by atoms with E-state index in [1.54, 1.807) is 6.07 Å². The maximum absolute atomic E-state index is 10.9. The average Bonchev–Trinajstić information content (AvgIpc) is 3.55. The molecule has 0 aliphatic heterocycles. The molecule has 2 aromatic heterocycles. The maximum Gasteiger partial charge on any atom is 0.148 e. The number of phenolic OH excluding ortho intramolecular Hbond substituents is 1. The second-order valence-corrected chi connectivity index (χ2v) is 11.0. The number of rotatable bonds is 6. The highest BCUT2D eigenvalue weighted by Crippen LogP contribution is 2.38. The standard InChI is InChI=1S/C35H34N4O/c1-22(2)27-16-11-17-28(23(3)4)34(27)38-21-31(36-35(38)30-15-7-9-19-33(30)40)25-12-10-13-26(20-25)39-32-18-8-6-14-29(32)24(5)37-39/h6-23,40H,1-5H3. The average molecular weight is 527 g/mol. The fraction of sp³-hybridized carbons (Fsp3) is 0.200. The van der Waals surface area contributed by atoms with Gasteiger partial charge in [-0.15, -0.1) is 0 Å². The summed E-state index contributed by atoms with van der Waals surface area (Å²) in [5.41, 5.74) is 9.20. The quantitative estimate of drug-likeness (QED) is 0.236. The fourth-order valence-corrected chi connectivity index (χ4v) is 5.55. The molecule has 40 heavy (non-hydrogen) atoms. The predicted molar refractivity (Wildman–Crippen MR) is 164 cm³/mol. The number of para-hydroxylation sites is 3. The van der Waals surface area contributed by atoms with E-state index in [0.717, 1.165) is 39.2 Å². The van der Waals surface area contributed by atoms with Gasteiger partial charge in [0.25, 0.3) is 0 Å². The summed E-state index contributed by atoms with van der Waals surface area (Å²) in [6, 6.07) is 30.6. The van der Waals surface area contributed by atoms with E-state index in [1.165, 1.54) is 11.1 Å². The largest absolute Gasteiger partial charge is 0.507 e. The van der Waals surface area contributed by atoms with E-state index < -0.39 is 0 Å². The van der Waals surface area contributed by atoms with Crippen molar-refractivity contribution in [2.75, 3.05) is 0 Å². The minimum Gasteiger partial charge on any atom is -0.507 e. The van der Waals surface area contributed by atoms with Crippen LogP contribution >= 0.6 is 0 Å². The van der Waals surface area contributed by atoms with Gasteiger partial charge in [-0.05, 0) is 60.2 Å². The second-order valence-electron chi connectivity index (χ2n) is 11.0. The molecule has 0 bridgehead atoms. The summed E-state index contributed by atoms with van der Waals surface area (Å²) in [4.78, 5) is 5.16. The Hall–Kier alpha value is -4.64. The molecule has 0 fully saturated rings. The summed E-state index contributed by atoms with van der Waals surface area (Å²) in [5.74, 6) is 1.56. The molecule has 0 spiro atoms. The molecule has 6 rings (SSSR count). The first-order chi connectivity index (χ1) is 19.3. The molecule has 6 aromatic rings. The van der Waals surface area contributed by atoms with Crippen molar-refractivity contribution in [3.05, 3.63) is 114 Å². The number of imidazole rings is 1. The van der Waals surface area contributed by atoms with Gasteiger partial charge in [-0.1, -0.05) is 88.4 Å². The Morgan fingerprint density at radius 1 is 0.750 bits per heavy atom. The fourth-order valence-electron chi connectivity index (χ4n) is 5.55. The Kier molecular flexibility index (Phi) is 6.51. The van der Waals surface area contributed by atoms with Crippen molar-refractivity contribution < 1.29 is 5.11 Å². The van der Waals surface area contributed by atoms with E-state index in [2.05, 4.69) is 93.1 Å². The van der Waals surface area contributed by atoms with Crippen LogP contribution in [0, 0.1) is 6.92 Å². The third-order valence-electron chi connectivity index (χ3n) is 7.59. The Morgan fingerprint density at radius 2 is 1.43 bits per heavy atom. The van der Waals surface area contributed by atoms with E-state index in [1.807, 2.05) is 41.9 Å². The van der Waals surface area contributed by atoms with Crippen molar-refractivity contribution in [2.45, 2.75) is 46.5 Å². The van der Waals surface area contributed by atoms with Crippen LogP contribution < -0.4 is 0 Å². The molecule has 4 aromatic carbocycles. The number of aryl methyl sites for hydroxylation is 1. The molecule has 1 N–H and O–H groups in total. The maximum atomic E-state index is 10.9.